The Morgan fingerprint density at radius 3 is 2.30 bits per heavy atom. The van der Waals surface area contributed by atoms with Crippen LogP contribution in [0.3, 0.4) is 0 Å². The molecule has 2 aromatic rings. The van der Waals surface area contributed by atoms with E-state index in [4.69, 9.17) is 16.3 Å². The van der Waals surface area contributed by atoms with Gasteiger partial charge < -0.3 is 15.0 Å². The van der Waals surface area contributed by atoms with E-state index in [1.54, 1.807) is 0 Å². The van der Waals surface area contributed by atoms with Crippen LogP contribution in [0.4, 0.5) is 11.4 Å². The van der Waals surface area contributed by atoms with Crippen LogP contribution < -0.4 is 10.2 Å². The van der Waals surface area contributed by atoms with E-state index < -0.39 is 0 Å². The van der Waals surface area contributed by atoms with Gasteiger partial charge in [0.05, 0.1) is 30.5 Å². The van der Waals surface area contributed by atoms with Gasteiger partial charge in [-0.2, -0.15) is 0 Å². The molecule has 4 rings (SSSR count). The number of nitrogens with one attached hydrogen (secondary N) is 1. The zero-order valence-electron chi connectivity index (χ0n) is 17.2. The number of rotatable bonds is 6. The number of para-hydroxylation sites is 1. The SMILES string of the molecule is O=C(CN1CCN(c2ccccc2Cl)CC1)Nc1ccc(CN2CCOCC2)cc1. The van der Waals surface area contributed by atoms with Crippen molar-refractivity contribution in [2.24, 2.45) is 0 Å². The molecule has 0 spiro atoms. The van der Waals surface area contributed by atoms with E-state index in [2.05, 4.69) is 32.1 Å². The molecule has 30 heavy (non-hydrogen) atoms. The summed E-state index contributed by atoms with van der Waals surface area (Å²) in [6, 6.07) is 16.1. The molecule has 2 aliphatic heterocycles. The van der Waals surface area contributed by atoms with Gasteiger partial charge >= 0.3 is 0 Å². The molecule has 6 nitrogen and oxygen atoms in total. The van der Waals surface area contributed by atoms with Crippen LogP contribution in [0.25, 0.3) is 0 Å². The molecule has 0 bridgehead atoms. The molecule has 0 radical (unpaired) electrons. The van der Waals surface area contributed by atoms with Gasteiger partial charge in [0.2, 0.25) is 5.91 Å². The van der Waals surface area contributed by atoms with Crippen molar-refractivity contribution >= 4 is 28.9 Å². The number of ether oxygens (including phenoxy) is 1. The van der Waals surface area contributed by atoms with Gasteiger partial charge in [0.25, 0.3) is 0 Å². The minimum Gasteiger partial charge on any atom is -0.379 e. The first-order chi connectivity index (χ1) is 14.7. The van der Waals surface area contributed by atoms with Crippen LogP contribution >= 0.6 is 11.6 Å². The summed E-state index contributed by atoms with van der Waals surface area (Å²) in [5, 5.41) is 3.80. The number of morpholine rings is 1. The standard InChI is InChI=1S/C23H29ClN4O2/c24-21-3-1-2-4-22(21)28-11-9-26(10-12-28)18-23(29)25-20-7-5-19(6-8-20)17-27-13-15-30-16-14-27/h1-8H,9-18H2,(H,25,29). The quantitative estimate of drug-likeness (QED) is 0.766. The van der Waals surface area contributed by atoms with Crippen LogP contribution in [0.1, 0.15) is 5.56 Å². The molecule has 0 saturated carbocycles. The number of hydrogen-bond donors (Lipinski definition) is 1. The summed E-state index contributed by atoms with van der Waals surface area (Å²) < 4.78 is 5.39. The van der Waals surface area contributed by atoms with Gasteiger partial charge in [-0.05, 0) is 29.8 Å². The monoisotopic (exact) mass is 428 g/mol. The predicted molar refractivity (Wildman–Crippen MR) is 121 cm³/mol. The Morgan fingerprint density at radius 1 is 0.900 bits per heavy atom. The van der Waals surface area contributed by atoms with E-state index in [1.807, 2.05) is 36.4 Å². The number of carbonyl (C=O) groups excluding carboxylic acids is 1. The van der Waals surface area contributed by atoms with Gasteiger partial charge in [-0.3, -0.25) is 14.6 Å². The zero-order valence-corrected chi connectivity index (χ0v) is 18.0. The average Bonchev–Trinajstić information content (AvgIpc) is 2.77. The maximum atomic E-state index is 12.5. The molecule has 0 aliphatic carbocycles. The predicted octanol–water partition coefficient (Wildman–Crippen LogP) is 2.93. The molecule has 1 amide bonds. The first-order valence-electron chi connectivity index (χ1n) is 10.6. The number of halogens is 1. The summed E-state index contributed by atoms with van der Waals surface area (Å²) in [7, 11) is 0. The van der Waals surface area contributed by atoms with Crippen LogP contribution in [0, 0.1) is 0 Å². The van der Waals surface area contributed by atoms with Gasteiger partial charge in [-0.15, -0.1) is 0 Å². The molecule has 2 aliphatic rings. The third kappa shape index (κ3) is 5.73. The van der Waals surface area contributed by atoms with Crippen molar-refractivity contribution < 1.29 is 9.53 Å². The summed E-state index contributed by atoms with van der Waals surface area (Å²) in [5.41, 5.74) is 3.17. The highest BCUT2D eigenvalue weighted by molar-refractivity contribution is 6.33. The molecule has 7 heteroatoms. The lowest BCUT2D eigenvalue weighted by Gasteiger charge is -2.36. The van der Waals surface area contributed by atoms with Crippen molar-refractivity contribution in [3.63, 3.8) is 0 Å². The highest BCUT2D eigenvalue weighted by atomic mass is 35.5. The maximum absolute atomic E-state index is 12.5. The largest absolute Gasteiger partial charge is 0.379 e. The van der Waals surface area contributed by atoms with Gasteiger partial charge in [0.15, 0.2) is 0 Å². The van der Waals surface area contributed by atoms with Crippen molar-refractivity contribution in [3.8, 4) is 0 Å². The van der Waals surface area contributed by atoms with Crippen molar-refractivity contribution in [1.29, 1.82) is 0 Å². The van der Waals surface area contributed by atoms with Crippen molar-refractivity contribution in [1.82, 2.24) is 9.80 Å². The molecule has 160 valence electrons. The number of benzene rings is 2. The molecular weight excluding hydrogens is 400 g/mol. The second kappa shape index (κ2) is 10.3. The second-order valence-corrected chi connectivity index (χ2v) is 8.26. The maximum Gasteiger partial charge on any atom is 0.238 e. The Bertz CT molecular complexity index is 831. The molecule has 0 atom stereocenters. The smallest absolute Gasteiger partial charge is 0.238 e. The number of anilines is 2. The fourth-order valence-corrected chi connectivity index (χ4v) is 4.22. The first kappa shape index (κ1) is 21.1. The Labute approximate surface area is 183 Å². The van der Waals surface area contributed by atoms with Gasteiger partial charge in [-0.1, -0.05) is 35.9 Å². The topological polar surface area (TPSA) is 48.1 Å². The number of nitrogens with zero attached hydrogens (tertiary/aromatic N) is 3. The van der Waals surface area contributed by atoms with Crippen molar-refractivity contribution in [2.75, 3.05) is 69.2 Å². The number of carbonyl (C=O) groups is 1. The Balaban J connectivity index is 1.22. The lowest BCUT2D eigenvalue weighted by atomic mass is 10.2. The van der Waals surface area contributed by atoms with Gasteiger partial charge in [-0.25, -0.2) is 0 Å². The molecular formula is C23H29ClN4O2. The third-order valence-electron chi connectivity index (χ3n) is 5.68. The zero-order chi connectivity index (χ0) is 20.8. The first-order valence-corrected chi connectivity index (χ1v) is 11.0. The average molecular weight is 429 g/mol. The molecule has 1 N–H and O–H groups in total. The van der Waals surface area contributed by atoms with Crippen LogP contribution in [-0.4, -0.2) is 74.7 Å². The van der Waals surface area contributed by atoms with Crippen molar-refractivity contribution in [2.45, 2.75) is 6.54 Å². The highest BCUT2D eigenvalue weighted by Gasteiger charge is 2.20. The van der Waals surface area contributed by atoms with Crippen LogP contribution in [0.15, 0.2) is 48.5 Å². The van der Waals surface area contributed by atoms with E-state index in [9.17, 15) is 4.79 Å². The molecule has 2 saturated heterocycles. The summed E-state index contributed by atoms with van der Waals surface area (Å²) in [5.74, 6) is 0.0297. The van der Waals surface area contributed by atoms with E-state index in [1.165, 1.54) is 5.56 Å². The lowest BCUT2D eigenvalue weighted by Crippen LogP contribution is -2.48. The number of piperazine rings is 1. The minimum absolute atomic E-state index is 0.0297. The van der Waals surface area contributed by atoms with Crippen LogP contribution in [0.5, 0.6) is 0 Å². The van der Waals surface area contributed by atoms with Crippen LogP contribution in [0.2, 0.25) is 5.02 Å². The van der Waals surface area contributed by atoms with Gasteiger partial charge in [0, 0.05) is 51.5 Å². The molecule has 2 heterocycles. The highest BCUT2D eigenvalue weighted by Crippen LogP contribution is 2.26. The van der Waals surface area contributed by atoms with E-state index in [-0.39, 0.29) is 5.91 Å². The summed E-state index contributed by atoms with van der Waals surface area (Å²) >= 11 is 6.31. The summed E-state index contributed by atoms with van der Waals surface area (Å²) in [4.78, 5) is 19.3. The third-order valence-corrected chi connectivity index (χ3v) is 6.00. The van der Waals surface area contributed by atoms with Gasteiger partial charge in [0.1, 0.15) is 0 Å². The van der Waals surface area contributed by atoms with E-state index in [0.29, 0.717) is 6.54 Å². The summed E-state index contributed by atoms with van der Waals surface area (Å²) in [6.07, 6.45) is 0. The Morgan fingerprint density at radius 2 is 1.60 bits per heavy atom. The Kier molecular flexibility index (Phi) is 7.23. The fourth-order valence-electron chi connectivity index (χ4n) is 3.97. The van der Waals surface area contributed by atoms with E-state index in [0.717, 1.165) is 75.4 Å². The summed E-state index contributed by atoms with van der Waals surface area (Å²) in [6.45, 7) is 8.32. The Hall–Kier alpha value is -2.12. The normalized spacial score (nSPS) is 18.4. The number of hydrogen-bond acceptors (Lipinski definition) is 5. The molecule has 0 aromatic heterocycles. The number of amides is 1. The van der Waals surface area contributed by atoms with Crippen molar-refractivity contribution in [3.05, 3.63) is 59.1 Å². The molecule has 0 unspecified atom stereocenters. The van der Waals surface area contributed by atoms with Crippen LogP contribution in [-0.2, 0) is 16.1 Å². The lowest BCUT2D eigenvalue weighted by molar-refractivity contribution is -0.117. The second-order valence-electron chi connectivity index (χ2n) is 7.85. The molecule has 2 aromatic carbocycles. The minimum atomic E-state index is 0.0297. The molecule has 2 fully saturated rings. The van der Waals surface area contributed by atoms with E-state index >= 15 is 0 Å². The fraction of sp³-hybridized carbons (Fsp3) is 0.435.